The van der Waals surface area contributed by atoms with E-state index in [1.165, 1.54) is 77.2 Å². The molecule has 8 aromatic carbocycles. The van der Waals surface area contributed by atoms with Gasteiger partial charge in [-0.2, -0.15) is 0 Å². The summed E-state index contributed by atoms with van der Waals surface area (Å²) >= 11 is 0. The monoisotopic (exact) mass is 570 g/mol. The van der Waals surface area contributed by atoms with Crippen LogP contribution < -0.4 is 0 Å². The van der Waals surface area contributed by atoms with E-state index in [1.807, 2.05) is 0 Å². The Kier molecular flexibility index (Phi) is 5.83. The first-order chi connectivity index (χ1) is 22.3. The molecule has 9 rings (SSSR count). The first-order valence-electron chi connectivity index (χ1n) is 15.7. The lowest BCUT2D eigenvalue weighted by Crippen LogP contribution is -2.28. The summed E-state index contributed by atoms with van der Waals surface area (Å²) in [6.07, 6.45) is 0. The van der Waals surface area contributed by atoms with Crippen molar-refractivity contribution in [2.24, 2.45) is 0 Å². The topological polar surface area (TPSA) is 0 Å². The minimum Gasteiger partial charge on any atom is -0.0622 e. The van der Waals surface area contributed by atoms with Crippen molar-refractivity contribution < 1.29 is 0 Å². The molecule has 0 aliphatic heterocycles. The van der Waals surface area contributed by atoms with Crippen LogP contribution in [-0.2, 0) is 5.41 Å². The average molecular weight is 571 g/mol. The zero-order valence-electron chi connectivity index (χ0n) is 24.8. The molecule has 0 saturated carbocycles. The van der Waals surface area contributed by atoms with E-state index < -0.39 is 5.41 Å². The van der Waals surface area contributed by atoms with E-state index >= 15 is 0 Å². The van der Waals surface area contributed by atoms with Crippen molar-refractivity contribution >= 4 is 21.5 Å². The molecular formula is C45H30. The minimum absolute atomic E-state index is 0.492. The van der Waals surface area contributed by atoms with Gasteiger partial charge in [0, 0.05) is 0 Å². The molecule has 0 heterocycles. The van der Waals surface area contributed by atoms with Crippen LogP contribution in [0, 0.1) is 0 Å². The fraction of sp³-hybridized carbons (Fsp3) is 0.0222. The van der Waals surface area contributed by atoms with Gasteiger partial charge in [0.2, 0.25) is 0 Å². The van der Waals surface area contributed by atoms with E-state index in [2.05, 4.69) is 182 Å². The Morgan fingerprint density at radius 3 is 1.58 bits per heavy atom. The van der Waals surface area contributed by atoms with Crippen molar-refractivity contribution in [2.75, 3.05) is 0 Å². The van der Waals surface area contributed by atoms with Crippen molar-refractivity contribution in [3.05, 3.63) is 204 Å². The van der Waals surface area contributed by atoms with E-state index in [1.54, 1.807) is 0 Å². The zero-order chi connectivity index (χ0) is 29.8. The maximum absolute atomic E-state index is 2.49. The van der Waals surface area contributed by atoms with Crippen LogP contribution >= 0.6 is 0 Å². The van der Waals surface area contributed by atoms with Crippen LogP contribution in [0.25, 0.3) is 54.9 Å². The van der Waals surface area contributed by atoms with Gasteiger partial charge >= 0.3 is 0 Å². The summed E-state index contributed by atoms with van der Waals surface area (Å²) in [5.74, 6) is 0. The molecule has 0 nitrogen and oxygen atoms in total. The van der Waals surface area contributed by atoms with Gasteiger partial charge in [-0.3, -0.25) is 0 Å². The van der Waals surface area contributed by atoms with Gasteiger partial charge in [-0.25, -0.2) is 0 Å². The molecule has 8 aromatic rings. The van der Waals surface area contributed by atoms with Gasteiger partial charge in [0.1, 0.15) is 0 Å². The van der Waals surface area contributed by atoms with Crippen molar-refractivity contribution in [2.45, 2.75) is 5.41 Å². The van der Waals surface area contributed by atoms with E-state index in [4.69, 9.17) is 0 Å². The van der Waals surface area contributed by atoms with Gasteiger partial charge in [-0.15, -0.1) is 0 Å². The van der Waals surface area contributed by atoms with Crippen LogP contribution in [0.2, 0.25) is 0 Å². The van der Waals surface area contributed by atoms with Crippen LogP contribution in [-0.4, -0.2) is 0 Å². The summed E-state index contributed by atoms with van der Waals surface area (Å²) < 4.78 is 0. The molecule has 0 heteroatoms. The number of rotatable bonds is 4. The Bertz CT molecular complexity index is 2310. The third-order valence-electron chi connectivity index (χ3n) is 9.72. The lowest BCUT2D eigenvalue weighted by molar-refractivity contribution is 0.769. The second-order valence-electron chi connectivity index (χ2n) is 12.1. The highest BCUT2D eigenvalue weighted by atomic mass is 14.5. The molecule has 0 unspecified atom stereocenters. The van der Waals surface area contributed by atoms with Gasteiger partial charge in [0.05, 0.1) is 5.41 Å². The SMILES string of the molecule is c1ccc(-c2cc3c(c4ccccc24)-c2ccc(-c4ccc5ccccc5c4)cc2C3(c2ccccc2)c2ccccc2)cc1. The summed E-state index contributed by atoms with van der Waals surface area (Å²) in [5.41, 5.74) is 12.3. The Hall–Kier alpha value is -5.72. The van der Waals surface area contributed by atoms with Gasteiger partial charge in [0.25, 0.3) is 0 Å². The van der Waals surface area contributed by atoms with Crippen LogP contribution in [0.15, 0.2) is 182 Å². The fourth-order valence-corrected chi connectivity index (χ4v) is 7.75. The summed E-state index contributed by atoms with van der Waals surface area (Å²) in [6, 6.07) is 67.2. The lowest BCUT2D eigenvalue weighted by atomic mass is 9.67. The molecule has 0 saturated heterocycles. The predicted molar refractivity (Wildman–Crippen MR) is 190 cm³/mol. The highest BCUT2D eigenvalue weighted by molar-refractivity contribution is 6.10. The second-order valence-corrected chi connectivity index (χ2v) is 12.1. The molecule has 0 atom stereocenters. The summed E-state index contributed by atoms with van der Waals surface area (Å²) in [7, 11) is 0. The molecule has 1 aliphatic rings. The number of fused-ring (bicyclic) bond motifs is 6. The molecule has 45 heavy (non-hydrogen) atoms. The van der Waals surface area contributed by atoms with Gasteiger partial charge < -0.3 is 0 Å². The molecule has 0 fully saturated rings. The maximum Gasteiger partial charge on any atom is 0.0714 e. The number of benzene rings is 8. The van der Waals surface area contributed by atoms with Crippen LogP contribution in [0.4, 0.5) is 0 Å². The number of hydrogen-bond acceptors (Lipinski definition) is 0. The molecule has 0 aromatic heterocycles. The third kappa shape index (κ3) is 3.86. The van der Waals surface area contributed by atoms with Crippen LogP contribution in [0.1, 0.15) is 22.3 Å². The van der Waals surface area contributed by atoms with Crippen LogP contribution in [0.5, 0.6) is 0 Å². The first kappa shape index (κ1) is 25.7. The normalized spacial score (nSPS) is 13.1. The van der Waals surface area contributed by atoms with E-state index in [-0.39, 0.29) is 0 Å². The lowest BCUT2D eigenvalue weighted by Gasteiger charge is -2.34. The average Bonchev–Trinajstić information content (AvgIpc) is 3.42. The minimum atomic E-state index is -0.492. The molecule has 0 spiro atoms. The van der Waals surface area contributed by atoms with E-state index in [9.17, 15) is 0 Å². The maximum atomic E-state index is 2.49. The Labute approximate surface area is 263 Å². The van der Waals surface area contributed by atoms with Crippen molar-refractivity contribution in [1.82, 2.24) is 0 Å². The highest BCUT2D eigenvalue weighted by Crippen LogP contribution is 2.59. The molecule has 0 N–H and O–H groups in total. The smallest absolute Gasteiger partial charge is 0.0622 e. The second kappa shape index (κ2) is 10.2. The summed E-state index contributed by atoms with van der Waals surface area (Å²) in [5, 5.41) is 5.10. The molecule has 210 valence electrons. The summed E-state index contributed by atoms with van der Waals surface area (Å²) in [6.45, 7) is 0. The van der Waals surface area contributed by atoms with Crippen molar-refractivity contribution in [1.29, 1.82) is 0 Å². The number of hydrogen-bond donors (Lipinski definition) is 0. The standard InChI is InChI=1S/C45H30/c1-4-15-32(16-5-1)41-30-43-44(39-23-13-12-22-38(39)41)40-27-26-35(34-25-24-31-14-10-11-17-33(31)28-34)29-42(40)45(43,36-18-6-2-7-19-36)37-20-8-3-9-21-37/h1-30H. The third-order valence-corrected chi connectivity index (χ3v) is 9.72. The van der Waals surface area contributed by atoms with Crippen molar-refractivity contribution in [3.8, 4) is 33.4 Å². The Balaban J connectivity index is 1.43. The molecule has 1 aliphatic carbocycles. The molecule has 0 radical (unpaired) electrons. The summed E-state index contributed by atoms with van der Waals surface area (Å²) in [4.78, 5) is 0. The van der Waals surface area contributed by atoms with Crippen LogP contribution in [0.3, 0.4) is 0 Å². The highest BCUT2D eigenvalue weighted by Gasteiger charge is 2.47. The van der Waals surface area contributed by atoms with Gasteiger partial charge in [0.15, 0.2) is 0 Å². The zero-order valence-corrected chi connectivity index (χ0v) is 24.8. The molecule has 0 amide bonds. The van der Waals surface area contributed by atoms with Gasteiger partial charge in [-0.05, 0) is 95.4 Å². The Morgan fingerprint density at radius 1 is 0.311 bits per heavy atom. The molecule has 0 bridgehead atoms. The quantitative estimate of drug-likeness (QED) is 0.197. The Morgan fingerprint density at radius 2 is 0.867 bits per heavy atom. The van der Waals surface area contributed by atoms with Crippen molar-refractivity contribution in [3.63, 3.8) is 0 Å². The predicted octanol–water partition coefficient (Wildman–Crippen LogP) is 11.7. The fourth-order valence-electron chi connectivity index (χ4n) is 7.75. The molecular weight excluding hydrogens is 540 g/mol. The first-order valence-corrected chi connectivity index (χ1v) is 15.7. The largest absolute Gasteiger partial charge is 0.0714 e. The van der Waals surface area contributed by atoms with E-state index in [0.29, 0.717) is 0 Å². The van der Waals surface area contributed by atoms with E-state index in [0.717, 1.165) is 0 Å². The van der Waals surface area contributed by atoms with Gasteiger partial charge in [-0.1, -0.05) is 164 Å².